The molecular formula is C11H16N2O. The van der Waals surface area contributed by atoms with E-state index in [4.69, 9.17) is 0 Å². The van der Waals surface area contributed by atoms with Crippen molar-refractivity contribution in [3.63, 3.8) is 0 Å². The van der Waals surface area contributed by atoms with Crippen molar-refractivity contribution in [2.24, 2.45) is 0 Å². The second kappa shape index (κ2) is 4.40. The molecule has 0 saturated carbocycles. The summed E-state index contributed by atoms with van der Waals surface area (Å²) in [6, 6.07) is 0. The third-order valence-electron chi connectivity index (χ3n) is 2.71. The van der Waals surface area contributed by atoms with Gasteiger partial charge in [-0.3, -0.25) is 0 Å². The summed E-state index contributed by atoms with van der Waals surface area (Å²) in [5.41, 5.74) is 1.16. The average Bonchev–Trinajstić information content (AvgIpc) is 2.60. The van der Waals surface area contributed by atoms with Crippen molar-refractivity contribution in [1.82, 2.24) is 9.55 Å². The molecule has 14 heavy (non-hydrogen) atoms. The Bertz CT molecular complexity index is 294. The van der Waals surface area contributed by atoms with Crippen LogP contribution in [0, 0.1) is 0 Å². The van der Waals surface area contributed by atoms with Gasteiger partial charge in [-0.15, -0.1) is 0 Å². The highest BCUT2D eigenvalue weighted by Gasteiger charge is 2.11. The normalized spacial score (nSPS) is 15.1. The van der Waals surface area contributed by atoms with Crippen LogP contribution in [-0.4, -0.2) is 15.8 Å². The summed E-state index contributed by atoms with van der Waals surface area (Å²) in [6.07, 6.45) is 9.33. The zero-order valence-corrected chi connectivity index (χ0v) is 8.41. The Morgan fingerprint density at radius 3 is 3.21 bits per heavy atom. The van der Waals surface area contributed by atoms with Gasteiger partial charge in [0.1, 0.15) is 12.1 Å². The van der Waals surface area contributed by atoms with Gasteiger partial charge in [-0.2, -0.15) is 0 Å². The second-order valence-electron chi connectivity index (χ2n) is 3.86. The van der Waals surface area contributed by atoms with Crippen LogP contribution in [0.5, 0.6) is 0 Å². The number of carbonyl (C=O) groups is 1. The Hall–Kier alpha value is -1.12. The molecule has 0 atom stereocenters. The predicted molar refractivity (Wildman–Crippen MR) is 54.2 cm³/mol. The van der Waals surface area contributed by atoms with Crippen molar-refractivity contribution in [3.05, 3.63) is 17.7 Å². The second-order valence-corrected chi connectivity index (χ2v) is 3.86. The molecule has 0 unspecified atom stereocenters. The Kier molecular flexibility index (Phi) is 2.96. The molecule has 0 bridgehead atoms. The van der Waals surface area contributed by atoms with E-state index in [-0.39, 0.29) is 0 Å². The summed E-state index contributed by atoms with van der Waals surface area (Å²) in [5, 5.41) is 0. The molecule has 3 nitrogen and oxygen atoms in total. The van der Waals surface area contributed by atoms with E-state index in [0.717, 1.165) is 37.8 Å². The number of aryl methyl sites for hydroxylation is 3. The number of imidazole rings is 1. The number of aromatic nitrogens is 2. The highest BCUT2D eigenvalue weighted by atomic mass is 16.1. The zero-order valence-electron chi connectivity index (χ0n) is 8.41. The lowest BCUT2D eigenvalue weighted by Gasteiger charge is -2.11. The summed E-state index contributed by atoms with van der Waals surface area (Å²) in [6.45, 7) is 1.12. The van der Waals surface area contributed by atoms with Gasteiger partial charge in [-0.25, -0.2) is 4.98 Å². The van der Waals surface area contributed by atoms with Crippen molar-refractivity contribution < 1.29 is 4.79 Å². The summed E-state index contributed by atoms with van der Waals surface area (Å²) in [4.78, 5) is 14.7. The maximum Gasteiger partial charge on any atom is 0.120 e. The Labute approximate surface area is 84.1 Å². The van der Waals surface area contributed by atoms with Crippen molar-refractivity contribution in [3.8, 4) is 0 Å². The summed E-state index contributed by atoms with van der Waals surface area (Å²) in [5.74, 6) is 1.23. The number of rotatable bonds is 4. The highest BCUT2D eigenvalue weighted by Crippen LogP contribution is 2.15. The largest absolute Gasteiger partial charge is 0.335 e. The van der Waals surface area contributed by atoms with Crippen LogP contribution in [-0.2, 0) is 24.2 Å². The minimum Gasteiger partial charge on any atom is -0.335 e. The standard InChI is InChI=1S/C11H16N2O/c14-8-4-2-5-10-9-13-7-3-1-6-11(13)12-10/h8-9H,1-7H2. The summed E-state index contributed by atoms with van der Waals surface area (Å²) >= 11 is 0. The van der Waals surface area contributed by atoms with Crippen molar-refractivity contribution in [1.29, 1.82) is 0 Å². The van der Waals surface area contributed by atoms with Crippen LogP contribution in [0.25, 0.3) is 0 Å². The lowest BCUT2D eigenvalue weighted by atomic mass is 10.2. The number of aldehydes is 1. The van der Waals surface area contributed by atoms with Gasteiger partial charge in [0, 0.05) is 25.6 Å². The van der Waals surface area contributed by atoms with E-state index in [1.807, 2.05) is 0 Å². The minimum absolute atomic E-state index is 0.655. The van der Waals surface area contributed by atoms with Crippen LogP contribution in [0.1, 0.15) is 37.2 Å². The molecule has 1 aromatic heterocycles. The molecule has 2 heterocycles. The molecule has 0 N–H and O–H groups in total. The molecule has 0 spiro atoms. The number of fused-ring (bicyclic) bond motifs is 1. The number of hydrogen-bond donors (Lipinski definition) is 0. The minimum atomic E-state index is 0.655. The van der Waals surface area contributed by atoms with Crippen LogP contribution in [0.2, 0.25) is 0 Å². The summed E-state index contributed by atoms with van der Waals surface area (Å²) < 4.78 is 2.26. The van der Waals surface area contributed by atoms with Crippen molar-refractivity contribution in [2.45, 2.75) is 45.1 Å². The van der Waals surface area contributed by atoms with Crippen LogP contribution >= 0.6 is 0 Å². The fraction of sp³-hybridized carbons (Fsp3) is 0.636. The Balaban J connectivity index is 1.97. The quantitative estimate of drug-likeness (QED) is 0.538. The maximum atomic E-state index is 10.2. The van der Waals surface area contributed by atoms with Crippen LogP contribution < -0.4 is 0 Å². The van der Waals surface area contributed by atoms with Crippen molar-refractivity contribution in [2.75, 3.05) is 0 Å². The smallest absolute Gasteiger partial charge is 0.120 e. The van der Waals surface area contributed by atoms with E-state index in [2.05, 4.69) is 15.7 Å². The topological polar surface area (TPSA) is 34.9 Å². The average molecular weight is 192 g/mol. The third kappa shape index (κ3) is 2.03. The van der Waals surface area contributed by atoms with Gasteiger partial charge in [-0.05, 0) is 25.7 Å². The molecule has 0 fully saturated rings. The van der Waals surface area contributed by atoms with Crippen LogP contribution in [0.4, 0.5) is 0 Å². The predicted octanol–water partition coefficient (Wildman–Crippen LogP) is 1.74. The summed E-state index contributed by atoms with van der Waals surface area (Å²) in [7, 11) is 0. The van der Waals surface area contributed by atoms with Gasteiger partial charge in [0.15, 0.2) is 0 Å². The van der Waals surface area contributed by atoms with Gasteiger partial charge in [-0.1, -0.05) is 0 Å². The first-order chi connectivity index (χ1) is 6.90. The molecule has 2 rings (SSSR count). The molecule has 3 heteroatoms. The van der Waals surface area contributed by atoms with E-state index in [1.54, 1.807) is 0 Å². The molecule has 0 aliphatic carbocycles. The van der Waals surface area contributed by atoms with Gasteiger partial charge in [0.05, 0.1) is 5.69 Å². The first kappa shape index (κ1) is 9.44. The third-order valence-corrected chi connectivity index (χ3v) is 2.71. The molecule has 0 amide bonds. The number of nitrogens with zero attached hydrogens (tertiary/aromatic N) is 2. The van der Waals surface area contributed by atoms with Gasteiger partial charge < -0.3 is 9.36 Å². The first-order valence-corrected chi connectivity index (χ1v) is 5.38. The number of unbranched alkanes of at least 4 members (excludes halogenated alkanes) is 1. The Morgan fingerprint density at radius 2 is 2.43 bits per heavy atom. The fourth-order valence-corrected chi connectivity index (χ4v) is 1.96. The molecule has 1 aliphatic heterocycles. The van der Waals surface area contributed by atoms with Crippen molar-refractivity contribution >= 4 is 6.29 Å². The van der Waals surface area contributed by atoms with E-state index in [1.165, 1.54) is 18.7 Å². The molecule has 1 aliphatic rings. The Morgan fingerprint density at radius 1 is 1.50 bits per heavy atom. The van der Waals surface area contributed by atoms with E-state index < -0.39 is 0 Å². The molecule has 0 saturated heterocycles. The molecule has 76 valence electrons. The lowest BCUT2D eigenvalue weighted by molar-refractivity contribution is -0.107. The molecule has 0 aromatic carbocycles. The highest BCUT2D eigenvalue weighted by molar-refractivity contribution is 5.49. The van der Waals surface area contributed by atoms with E-state index >= 15 is 0 Å². The zero-order chi connectivity index (χ0) is 9.80. The fourth-order valence-electron chi connectivity index (χ4n) is 1.96. The molecular weight excluding hydrogens is 176 g/mol. The van der Waals surface area contributed by atoms with E-state index in [9.17, 15) is 4.79 Å². The van der Waals surface area contributed by atoms with Crippen LogP contribution in [0.15, 0.2) is 6.20 Å². The molecule has 0 radical (unpaired) electrons. The number of carbonyl (C=O) groups excluding carboxylic acids is 1. The van der Waals surface area contributed by atoms with Gasteiger partial charge in [0.25, 0.3) is 0 Å². The monoisotopic (exact) mass is 192 g/mol. The first-order valence-electron chi connectivity index (χ1n) is 5.38. The SMILES string of the molecule is O=CCCCc1cn2c(n1)CCCC2. The van der Waals surface area contributed by atoms with Gasteiger partial charge in [0.2, 0.25) is 0 Å². The van der Waals surface area contributed by atoms with Crippen LogP contribution in [0.3, 0.4) is 0 Å². The maximum absolute atomic E-state index is 10.2. The number of hydrogen-bond acceptors (Lipinski definition) is 2. The lowest BCUT2D eigenvalue weighted by Crippen LogP contribution is -2.08. The molecule has 1 aromatic rings. The van der Waals surface area contributed by atoms with E-state index in [0.29, 0.717) is 6.42 Å². The van der Waals surface area contributed by atoms with Gasteiger partial charge >= 0.3 is 0 Å².